The second kappa shape index (κ2) is 9.73. The van der Waals surface area contributed by atoms with Crippen LogP contribution in [0.25, 0.3) is 0 Å². The van der Waals surface area contributed by atoms with Gasteiger partial charge in [0.2, 0.25) is 0 Å². The van der Waals surface area contributed by atoms with Crippen molar-refractivity contribution in [1.29, 1.82) is 0 Å². The lowest BCUT2D eigenvalue weighted by Gasteiger charge is -2.28. The van der Waals surface area contributed by atoms with E-state index < -0.39 is 5.97 Å². The van der Waals surface area contributed by atoms with Gasteiger partial charge in [-0.3, -0.25) is 4.98 Å². The first-order valence-corrected chi connectivity index (χ1v) is 10.9. The molecule has 0 radical (unpaired) electrons. The first kappa shape index (κ1) is 21.7. The summed E-state index contributed by atoms with van der Waals surface area (Å²) in [6.45, 7) is 2.56. The Morgan fingerprint density at radius 3 is 2.62 bits per heavy atom. The van der Waals surface area contributed by atoms with Crippen LogP contribution in [0.5, 0.6) is 11.5 Å². The van der Waals surface area contributed by atoms with E-state index in [1.165, 1.54) is 12.8 Å². The fraction of sp³-hybridized carbons (Fsp3) is 0.308. The lowest BCUT2D eigenvalue weighted by atomic mass is 10.1. The van der Waals surface area contributed by atoms with E-state index in [0.29, 0.717) is 18.0 Å². The minimum absolute atomic E-state index is 0.196. The van der Waals surface area contributed by atoms with Crippen molar-refractivity contribution >= 4 is 17.3 Å². The molecule has 0 aliphatic heterocycles. The summed E-state index contributed by atoms with van der Waals surface area (Å²) < 4.78 is 11.9. The van der Waals surface area contributed by atoms with Crippen molar-refractivity contribution in [3.8, 4) is 11.5 Å². The highest BCUT2D eigenvalue weighted by Crippen LogP contribution is 2.40. The highest BCUT2D eigenvalue weighted by atomic mass is 16.5. The van der Waals surface area contributed by atoms with Gasteiger partial charge in [-0.25, -0.2) is 4.79 Å². The summed E-state index contributed by atoms with van der Waals surface area (Å²) in [5, 5.41) is 9.51. The molecule has 1 fully saturated rings. The van der Waals surface area contributed by atoms with E-state index >= 15 is 0 Å². The molecule has 3 aromatic rings. The van der Waals surface area contributed by atoms with Gasteiger partial charge in [-0.2, -0.15) is 0 Å². The molecule has 0 atom stereocenters. The van der Waals surface area contributed by atoms with E-state index in [1.54, 1.807) is 31.5 Å². The number of nitrogens with zero attached hydrogens (tertiary/aromatic N) is 2. The zero-order valence-electron chi connectivity index (χ0n) is 18.5. The van der Waals surface area contributed by atoms with Gasteiger partial charge in [-0.05, 0) is 74.1 Å². The average molecular weight is 433 g/mol. The number of carboxylic acids is 1. The zero-order valence-corrected chi connectivity index (χ0v) is 18.5. The van der Waals surface area contributed by atoms with Gasteiger partial charge in [0, 0.05) is 36.4 Å². The summed E-state index contributed by atoms with van der Waals surface area (Å²) in [5.74, 6) is 0.467. The molecule has 6 heteroatoms. The van der Waals surface area contributed by atoms with Crippen LogP contribution in [-0.4, -0.2) is 29.3 Å². The number of hydrogen-bond donors (Lipinski definition) is 1. The summed E-state index contributed by atoms with van der Waals surface area (Å²) in [6.07, 6.45) is 8.22. The van der Waals surface area contributed by atoms with Gasteiger partial charge >= 0.3 is 5.97 Å². The maximum Gasteiger partial charge on any atom is 0.335 e. The molecule has 0 bridgehead atoms. The third-order valence-electron chi connectivity index (χ3n) is 5.84. The number of hydrogen-bond acceptors (Lipinski definition) is 5. The van der Waals surface area contributed by atoms with Gasteiger partial charge in [0.25, 0.3) is 0 Å². The van der Waals surface area contributed by atoms with Crippen LogP contribution in [0.3, 0.4) is 0 Å². The lowest BCUT2D eigenvalue weighted by molar-refractivity contribution is 0.0697. The van der Waals surface area contributed by atoms with Crippen LogP contribution in [0, 0.1) is 6.92 Å². The summed E-state index contributed by atoms with van der Waals surface area (Å²) in [7, 11) is 1.65. The molecule has 2 aromatic carbocycles. The minimum Gasteiger partial charge on any atom is -0.493 e. The maximum atomic E-state index is 11.6. The Labute approximate surface area is 188 Å². The number of rotatable bonds is 8. The standard InChI is InChI=1S/C26H28N2O4/c1-18-13-24(31-2)25(32-22-10-3-4-11-22)15-23(18)28(17-19-7-6-12-27-16-19)21-9-5-8-20(14-21)26(29)30/h5-9,12-16,22H,3-4,10-11,17H2,1-2H3,(H,29,30). The largest absolute Gasteiger partial charge is 0.493 e. The van der Waals surface area contributed by atoms with E-state index in [0.717, 1.165) is 35.3 Å². The van der Waals surface area contributed by atoms with E-state index in [4.69, 9.17) is 9.47 Å². The Morgan fingerprint density at radius 1 is 1.12 bits per heavy atom. The maximum absolute atomic E-state index is 11.6. The number of anilines is 2. The fourth-order valence-corrected chi connectivity index (χ4v) is 4.18. The van der Waals surface area contributed by atoms with Crippen molar-refractivity contribution < 1.29 is 19.4 Å². The monoisotopic (exact) mass is 432 g/mol. The van der Waals surface area contributed by atoms with Crippen molar-refractivity contribution in [3.63, 3.8) is 0 Å². The van der Waals surface area contributed by atoms with Gasteiger partial charge in [-0.15, -0.1) is 0 Å². The Morgan fingerprint density at radius 2 is 1.94 bits per heavy atom. The van der Waals surface area contributed by atoms with Crippen molar-refractivity contribution in [2.75, 3.05) is 12.0 Å². The van der Waals surface area contributed by atoms with Gasteiger partial charge < -0.3 is 19.5 Å². The topological polar surface area (TPSA) is 71.9 Å². The molecule has 1 aliphatic rings. The molecule has 4 rings (SSSR count). The van der Waals surface area contributed by atoms with Gasteiger partial charge in [0.15, 0.2) is 11.5 Å². The number of carbonyl (C=O) groups is 1. The molecule has 1 heterocycles. The summed E-state index contributed by atoms with van der Waals surface area (Å²) in [6, 6.07) is 14.9. The number of ether oxygens (including phenoxy) is 2. The number of benzene rings is 2. The second-order valence-electron chi connectivity index (χ2n) is 8.12. The van der Waals surface area contributed by atoms with Crippen molar-refractivity contribution in [2.24, 2.45) is 0 Å². The second-order valence-corrected chi connectivity index (χ2v) is 8.12. The molecule has 1 saturated carbocycles. The molecule has 166 valence electrons. The molecule has 0 spiro atoms. The SMILES string of the molecule is COc1cc(C)c(N(Cc2cccnc2)c2cccc(C(=O)O)c2)cc1OC1CCCC1. The van der Waals surface area contributed by atoms with E-state index in [2.05, 4.69) is 9.88 Å². The van der Waals surface area contributed by atoms with E-state index in [-0.39, 0.29) is 11.7 Å². The molecule has 0 unspecified atom stereocenters. The number of aromatic nitrogens is 1. The third kappa shape index (κ3) is 4.85. The van der Waals surface area contributed by atoms with Crippen LogP contribution in [0.1, 0.15) is 47.2 Å². The van der Waals surface area contributed by atoms with E-state index in [9.17, 15) is 9.90 Å². The first-order chi connectivity index (χ1) is 15.5. The molecular weight excluding hydrogens is 404 g/mol. The normalized spacial score (nSPS) is 13.7. The van der Waals surface area contributed by atoms with Crippen LogP contribution in [0.4, 0.5) is 11.4 Å². The summed E-state index contributed by atoms with van der Waals surface area (Å²) in [4.78, 5) is 17.9. The molecule has 6 nitrogen and oxygen atoms in total. The Balaban J connectivity index is 1.79. The quantitative estimate of drug-likeness (QED) is 0.488. The van der Waals surface area contributed by atoms with Gasteiger partial charge in [0.1, 0.15) is 0 Å². The average Bonchev–Trinajstić information content (AvgIpc) is 3.32. The molecule has 0 saturated heterocycles. The molecule has 0 amide bonds. The number of methoxy groups -OCH3 is 1. The van der Waals surface area contributed by atoms with Gasteiger partial charge in [-0.1, -0.05) is 12.1 Å². The highest BCUT2D eigenvalue weighted by molar-refractivity contribution is 5.89. The molecule has 32 heavy (non-hydrogen) atoms. The van der Waals surface area contributed by atoms with Crippen LogP contribution in [-0.2, 0) is 6.54 Å². The number of pyridine rings is 1. The Hall–Kier alpha value is -3.54. The fourth-order valence-electron chi connectivity index (χ4n) is 4.18. The van der Waals surface area contributed by atoms with Crippen molar-refractivity contribution in [1.82, 2.24) is 4.98 Å². The van der Waals surface area contributed by atoms with E-state index in [1.807, 2.05) is 43.5 Å². The van der Waals surface area contributed by atoms with Crippen LogP contribution in [0.15, 0.2) is 60.9 Å². The number of carboxylic acid groups (broad SMARTS) is 1. The third-order valence-corrected chi connectivity index (χ3v) is 5.84. The molecule has 1 aliphatic carbocycles. The summed E-state index contributed by atoms with van der Waals surface area (Å²) in [5.41, 5.74) is 3.98. The first-order valence-electron chi connectivity index (χ1n) is 10.9. The summed E-state index contributed by atoms with van der Waals surface area (Å²) >= 11 is 0. The molecule has 1 N–H and O–H groups in total. The zero-order chi connectivity index (χ0) is 22.5. The molecular formula is C26H28N2O4. The van der Waals surface area contributed by atoms with Gasteiger partial charge in [0.05, 0.1) is 18.8 Å². The lowest BCUT2D eigenvalue weighted by Crippen LogP contribution is -2.19. The van der Waals surface area contributed by atoms with Crippen molar-refractivity contribution in [2.45, 2.75) is 45.3 Å². The molecule has 1 aromatic heterocycles. The van der Waals surface area contributed by atoms with Crippen LogP contribution in [0.2, 0.25) is 0 Å². The van der Waals surface area contributed by atoms with Crippen LogP contribution < -0.4 is 14.4 Å². The Kier molecular flexibility index (Phi) is 6.59. The predicted octanol–water partition coefficient (Wildman–Crippen LogP) is 5.76. The predicted molar refractivity (Wildman–Crippen MR) is 124 cm³/mol. The van der Waals surface area contributed by atoms with Crippen molar-refractivity contribution in [3.05, 3.63) is 77.6 Å². The Bertz CT molecular complexity index is 1080. The minimum atomic E-state index is -0.954. The smallest absolute Gasteiger partial charge is 0.335 e. The number of aryl methyl sites for hydroxylation is 1. The van der Waals surface area contributed by atoms with Crippen LogP contribution >= 0.6 is 0 Å². The highest BCUT2D eigenvalue weighted by Gasteiger charge is 2.22. The number of aromatic carboxylic acids is 1.